The van der Waals surface area contributed by atoms with Gasteiger partial charge in [0.25, 0.3) is 0 Å². The van der Waals surface area contributed by atoms with Crippen molar-refractivity contribution in [3.63, 3.8) is 0 Å². The Morgan fingerprint density at radius 2 is 2.19 bits per heavy atom. The molecule has 1 unspecified atom stereocenters. The predicted octanol–water partition coefficient (Wildman–Crippen LogP) is 2.93. The molecule has 4 rings (SSSR count). The molecule has 0 radical (unpaired) electrons. The number of carbonyl (C=O) groups excluding carboxylic acids is 1. The lowest BCUT2D eigenvalue weighted by molar-refractivity contribution is -0.144. The zero-order chi connectivity index (χ0) is 25.3. The highest BCUT2D eigenvalue weighted by atomic mass is 16.5. The van der Waals surface area contributed by atoms with E-state index in [0.29, 0.717) is 31.5 Å². The Morgan fingerprint density at radius 1 is 1.31 bits per heavy atom. The van der Waals surface area contributed by atoms with E-state index >= 15 is 0 Å². The molecule has 36 heavy (non-hydrogen) atoms. The molecule has 1 saturated heterocycles. The Bertz CT molecular complexity index is 1110. The summed E-state index contributed by atoms with van der Waals surface area (Å²) in [5, 5.41) is 12.8. The lowest BCUT2D eigenvalue weighted by Gasteiger charge is -2.30. The van der Waals surface area contributed by atoms with Crippen LogP contribution in [0.25, 0.3) is 0 Å². The van der Waals surface area contributed by atoms with E-state index in [0.717, 1.165) is 55.8 Å². The summed E-state index contributed by atoms with van der Waals surface area (Å²) in [5.41, 5.74) is 3.17. The van der Waals surface area contributed by atoms with Gasteiger partial charge in [0.15, 0.2) is 0 Å². The molecule has 0 spiro atoms. The van der Waals surface area contributed by atoms with Crippen LogP contribution in [-0.4, -0.2) is 71.6 Å². The summed E-state index contributed by atoms with van der Waals surface area (Å²) in [7, 11) is 1.56. The summed E-state index contributed by atoms with van der Waals surface area (Å²) in [6.45, 7) is 5.15. The highest BCUT2D eigenvalue weighted by Gasteiger charge is 2.34. The molecule has 0 bridgehead atoms. The first-order chi connectivity index (χ1) is 17.6. The summed E-state index contributed by atoms with van der Waals surface area (Å²) in [6, 6.07) is 7.58. The number of methoxy groups -OCH3 is 1. The van der Waals surface area contributed by atoms with Crippen LogP contribution in [-0.2, 0) is 22.4 Å². The topological polar surface area (TPSA) is 116 Å². The molecule has 2 aliphatic rings. The van der Waals surface area contributed by atoms with Crippen LogP contribution in [0.1, 0.15) is 49.0 Å². The zero-order valence-electron chi connectivity index (χ0n) is 20.9. The van der Waals surface area contributed by atoms with E-state index < -0.39 is 0 Å². The molecular weight excluding hydrogens is 458 g/mol. The van der Waals surface area contributed by atoms with Crippen molar-refractivity contribution >= 4 is 17.7 Å². The van der Waals surface area contributed by atoms with Crippen LogP contribution in [0.3, 0.4) is 0 Å². The number of carbonyl (C=O) groups is 1. The Morgan fingerprint density at radius 3 is 2.94 bits per heavy atom. The van der Waals surface area contributed by atoms with Crippen molar-refractivity contribution in [3.05, 3.63) is 47.3 Å². The molecule has 190 valence electrons. The van der Waals surface area contributed by atoms with Crippen LogP contribution in [0, 0.1) is 11.5 Å². The van der Waals surface area contributed by atoms with Crippen molar-refractivity contribution in [2.75, 3.05) is 45.2 Å². The first-order valence-electron chi connectivity index (χ1n) is 12.5. The summed E-state index contributed by atoms with van der Waals surface area (Å²) < 4.78 is 10.4. The number of aliphatic imine (C=N–C) groups is 1. The first kappa shape index (κ1) is 25.2. The minimum Gasteiger partial charge on any atom is -0.481 e. The highest BCUT2D eigenvalue weighted by molar-refractivity contribution is 5.84. The van der Waals surface area contributed by atoms with Crippen molar-refractivity contribution in [2.24, 2.45) is 4.99 Å². The standard InChI is InChI=1S/C26H33N7O3/c1-3-36-24(34)16-22(20-9-11-23(35-2)29-17-20)33-15-14-32(26(33)30-18-27)13-5-7-21-10-8-19-6-4-12-28-25(19)31-21/h8-11,17,22H,3-7,12-16H2,1-2H3,(H,28,31). The van der Waals surface area contributed by atoms with E-state index in [2.05, 4.69) is 32.3 Å². The van der Waals surface area contributed by atoms with Crippen LogP contribution in [0.4, 0.5) is 5.82 Å². The molecule has 1 fully saturated rings. The lowest BCUT2D eigenvalue weighted by Crippen LogP contribution is -2.37. The molecule has 0 aliphatic carbocycles. The van der Waals surface area contributed by atoms with Gasteiger partial charge in [-0.15, -0.1) is 4.99 Å². The van der Waals surface area contributed by atoms with Gasteiger partial charge in [-0.2, -0.15) is 5.26 Å². The Kier molecular flexibility index (Phi) is 8.55. The highest BCUT2D eigenvalue weighted by Crippen LogP contribution is 2.29. The van der Waals surface area contributed by atoms with Crippen LogP contribution in [0.15, 0.2) is 35.5 Å². The second-order valence-electron chi connectivity index (χ2n) is 8.80. The number of guanidine groups is 1. The lowest BCUT2D eigenvalue weighted by atomic mass is 10.0. The molecule has 2 aromatic rings. The number of fused-ring (bicyclic) bond motifs is 1. The quantitative estimate of drug-likeness (QED) is 0.395. The second-order valence-corrected chi connectivity index (χ2v) is 8.80. The van der Waals surface area contributed by atoms with Crippen LogP contribution < -0.4 is 10.1 Å². The molecule has 1 N–H and O–H groups in total. The van der Waals surface area contributed by atoms with Crippen molar-refractivity contribution in [1.29, 1.82) is 5.26 Å². The predicted molar refractivity (Wildman–Crippen MR) is 135 cm³/mol. The van der Waals surface area contributed by atoms with Crippen molar-refractivity contribution in [3.8, 4) is 12.1 Å². The maximum absolute atomic E-state index is 12.5. The SMILES string of the molecule is CCOC(=O)CC(c1ccc(OC)nc1)N1CCN(CCCc2ccc3c(n2)NCCC3)C1=NC#N. The van der Waals surface area contributed by atoms with Crippen LogP contribution >= 0.6 is 0 Å². The molecule has 10 nitrogen and oxygen atoms in total. The number of rotatable bonds is 10. The molecule has 10 heteroatoms. The van der Waals surface area contributed by atoms with Gasteiger partial charge in [0.05, 0.1) is 26.2 Å². The minimum absolute atomic E-state index is 0.131. The number of nitrogens with one attached hydrogen (secondary N) is 1. The average molecular weight is 492 g/mol. The molecule has 0 saturated carbocycles. The maximum Gasteiger partial charge on any atom is 0.308 e. The summed E-state index contributed by atoms with van der Waals surface area (Å²) in [4.78, 5) is 29.8. The van der Waals surface area contributed by atoms with Crippen molar-refractivity contribution in [1.82, 2.24) is 19.8 Å². The van der Waals surface area contributed by atoms with Gasteiger partial charge in [-0.25, -0.2) is 9.97 Å². The van der Waals surface area contributed by atoms with Gasteiger partial charge in [0, 0.05) is 44.1 Å². The van der Waals surface area contributed by atoms with E-state index in [1.807, 2.05) is 17.2 Å². The Labute approximate surface area is 212 Å². The smallest absolute Gasteiger partial charge is 0.308 e. The molecule has 2 aliphatic heterocycles. The van der Waals surface area contributed by atoms with E-state index in [1.54, 1.807) is 26.3 Å². The number of esters is 1. The average Bonchev–Trinajstić information content (AvgIpc) is 3.29. The van der Waals surface area contributed by atoms with Gasteiger partial charge in [-0.05, 0) is 49.8 Å². The fraction of sp³-hybridized carbons (Fsp3) is 0.500. The number of aromatic nitrogens is 2. The number of nitrogens with zero attached hydrogens (tertiary/aromatic N) is 6. The largest absolute Gasteiger partial charge is 0.481 e. The third-order valence-electron chi connectivity index (χ3n) is 6.51. The van der Waals surface area contributed by atoms with E-state index in [4.69, 9.17) is 14.5 Å². The Hall–Kier alpha value is -3.87. The van der Waals surface area contributed by atoms with Crippen LogP contribution in [0.2, 0.25) is 0 Å². The molecular formula is C26H33N7O3. The number of aryl methyl sites for hydroxylation is 2. The van der Waals surface area contributed by atoms with E-state index in [-0.39, 0.29) is 18.4 Å². The number of nitriles is 1. The minimum atomic E-state index is -0.354. The second kappa shape index (κ2) is 12.2. The maximum atomic E-state index is 12.5. The van der Waals surface area contributed by atoms with E-state index in [9.17, 15) is 10.1 Å². The number of hydrogen-bond acceptors (Lipinski definition) is 8. The number of ether oxygens (including phenoxy) is 2. The number of anilines is 1. The van der Waals surface area contributed by atoms with Gasteiger partial charge in [-0.1, -0.05) is 12.1 Å². The van der Waals surface area contributed by atoms with Crippen LogP contribution in [0.5, 0.6) is 5.88 Å². The summed E-state index contributed by atoms with van der Waals surface area (Å²) in [5.74, 6) is 1.77. The summed E-state index contributed by atoms with van der Waals surface area (Å²) >= 11 is 0. The van der Waals surface area contributed by atoms with Gasteiger partial charge >= 0.3 is 5.97 Å². The van der Waals surface area contributed by atoms with Gasteiger partial charge in [0.2, 0.25) is 18.0 Å². The van der Waals surface area contributed by atoms with Gasteiger partial charge in [0.1, 0.15) is 5.82 Å². The third-order valence-corrected chi connectivity index (χ3v) is 6.51. The van der Waals surface area contributed by atoms with Gasteiger partial charge < -0.3 is 24.6 Å². The normalized spacial score (nSPS) is 16.8. The molecule has 2 aromatic heterocycles. The molecule has 0 amide bonds. The molecule has 4 heterocycles. The molecule has 1 atom stereocenters. The fourth-order valence-electron chi connectivity index (χ4n) is 4.75. The van der Waals surface area contributed by atoms with Gasteiger partial charge in [-0.3, -0.25) is 4.79 Å². The fourth-order valence-corrected chi connectivity index (χ4v) is 4.75. The Balaban J connectivity index is 1.46. The number of hydrogen-bond donors (Lipinski definition) is 1. The zero-order valence-corrected chi connectivity index (χ0v) is 20.9. The molecule has 0 aromatic carbocycles. The third kappa shape index (κ3) is 6.03. The van der Waals surface area contributed by atoms with E-state index in [1.165, 1.54) is 5.56 Å². The summed E-state index contributed by atoms with van der Waals surface area (Å²) in [6.07, 6.45) is 7.70. The monoisotopic (exact) mass is 491 g/mol. The van der Waals surface area contributed by atoms with Crippen molar-refractivity contribution < 1.29 is 14.3 Å². The first-order valence-corrected chi connectivity index (χ1v) is 12.5. The van der Waals surface area contributed by atoms with Crippen molar-refractivity contribution in [2.45, 2.75) is 45.1 Å². The number of pyridine rings is 2.